The maximum atomic E-state index is 8.54. The fourth-order valence-corrected chi connectivity index (χ4v) is 1.87. The zero-order valence-corrected chi connectivity index (χ0v) is 12.0. The molecule has 0 amide bonds. The van der Waals surface area contributed by atoms with E-state index in [0.29, 0.717) is 23.3 Å². The van der Waals surface area contributed by atoms with Crippen LogP contribution >= 0.6 is 23.2 Å². The molecule has 0 saturated heterocycles. The fraction of sp³-hybridized carbons (Fsp3) is 0.538. The van der Waals surface area contributed by atoms with Gasteiger partial charge in [0.1, 0.15) is 0 Å². The molecule has 0 heterocycles. The molecule has 0 spiro atoms. The van der Waals surface area contributed by atoms with Crippen molar-refractivity contribution in [2.75, 3.05) is 26.4 Å². The van der Waals surface area contributed by atoms with Gasteiger partial charge in [-0.2, -0.15) is 0 Å². The van der Waals surface area contributed by atoms with Crippen molar-refractivity contribution < 1.29 is 9.84 Å². The third-order valence-corrected chi connectivity index (χ3v) is 3.33. The van der Waals surface area contributed by atoms with Gasteiger partial charge in [-0.3, -0.25) is 0 Å². The summed E-state index contributed by atoms with van der Waals surface area (Å²) in [7, 11) is 0. The highest BCUT2D eigenvalue weighted by Gasteiger charge is 2.06. The number of aliphatic hydroxyl groups is 1. The number of halogens is 2. The smallest absolute Gasteiger partial charge is 0.0697 e. The Bertz CT molecular complexity index is 361. The monoisotopic (exact) mass is 291 g/mol. The summed E-state index contributed by atoms with van der Waals surface area (Å²) in [5.74, 6) is 0. The molecule has 1 atom stereocenters. The molecule has 0 aliphatic carbocycles. The topological polar surface area (TPSA) is 41.5 Å². The van der Waals surface area contributed by atoms with E-state index < -0.39 is 0 Å². The molecule has 102 valence electrons. The van der Waals surface area contributed by atoms with Gasteiger partial charge in [0, 0.05) is 12.6 Å². The summed E-state index contributed by atoms with van der Waals surface area (Å²) in [6.07, 6.45) is 0.908. The maximum Gasteiger partial charge on any atom is 0.0697 e. The van der Waals surface area contributed by atoms with Crippen LogP contribution in [0.4, 0.5) is 0 Å². The highest BCUT2D eigenvalue weighted by molar-refractivity contribution is 6.42. The summed E-state index contributed by atoms with van der Waals surface area (Å²) in [6.45, 7) is 4.07. The maximum absolute atomic E-state index is 8.54. The van der Waals surface area contributed by atoms with Crippen molar-refractivity contribution in [2.45, 2.75) is 19.4 Å². The van der Waals surface area contributed by atoms with E-state index in [2.05, 4.69) is 12.2 Å². The lowest BCUT2D eigenvalue weighted by Gasteiger charge is -2.14. The van der Waals surface area contributed by atoms with Gasteiger partial charge in [0.2, 0.25) is 0 Å². The molecule has 0 aliphatic rings. The van der Waals surface area contributed by atoms with Crippen molar-refractivity contribution in [3.63, 3.8) is 0 Å². The van der Waals surface area contributed by atoms with Gasteiger partial charge in [-0.15, -0.1) is 0 Å². The molecule has 3 nitrogen and oxygen atoms in total. The lowest BCUT2D eigenvalue weighted by Crippen LogP contribution is -2.21. The van der Waals surface area contributed by atoms with Crippen molar-refractivity contribution in [2.24, 2.45) is 0 Å². The largest absolute Gasteiger partial charge is 0.394 e. The second-order valence-electron chi connectivity index (χ2n) is 4.04. The summed E-state index contributed by atoms with van der Waals surface area (Å²) in [6, 6.07) is 5.87. The number of ether oxygens (including phenoxy) is 1. The molecular formula is C13H19Cl2NO2. The molecule has 1 rings (SSSR count). The van der Waals surface area contributed by atoms with Crippen LogP contribution in [0.3, 0.4) is 0 Å². The van der Waals surface area contributed by atoms with Crippen LogP contribution in [0.2, 0.25) is 10.0 Å². The number of benzene rings is 1. The highest BCUT2D eigenvalue weighted by atomic mass is 35.5. The van der Waals surface area contributed by atoms with Gasteiger partial charge in [-0.05, 0) is 37.6 Å². The number of aliphatic hydroxyl groups excluding tert-OH is 1. The number of hydrogen-bond acceptors (Lipinski definition) is 3. The van der Waals surface area contributed by atoms with E-state index in [-0.39, 0.29) is 12.6 Å². The molecule has 0 bridgehead atoms. The van der Waals surface area contributed by atoms with Crippen molar-refractivity contribution in [3.8, 4) is 0 Å². The van der Waals surface area contributed by atoms with Gasteiger partial charge in [-0.1, -0.05) is 29.3 Å². The molecule has 5 heteroatoms. The van der Waals surface area contributed by atoms with Crippen molar-refractivity contribution >= 4 is 23.2 Å². The fourth-order valence-electron chi connectivity index (χ4n) is 1.56. The second kappa shape index (κ2) is 8.73. The van der Waals surface area contributed by atoms with E-state index in [1.807, 2.05) is 18.2 Å². The van der Waals surface area contributed by atoms with Crippen LogP contribution in [-0.2, 0) is 4.74 Å². The highest BCUT2D eigenvalue weighted by Crippen LogP contribution is 2.25. The molecule has 2 N–H and O–H groups in total. The van der Waals surface area contributed by atoms with E-state index in [0.717, 1.165) is 18.5 Å². The van der Waals surface area contributed by atoms with Gasteiger partial charge in [0.25, 0.3) is 0 Å². The normalized spacial score (nSPS) is 12.7. The first-order chi connectivity index (χ1) is 8.65. The van der Waals surface area contributed by atoms with Gasteiger partial charge in [-0.25, -0.2) is 0 Å². The predicted molar refractivity (Wildman–Crippen MR) is 75.4 cm³/mol. The van der Waals surface area contributed by atoms with E-state index in [1.165, 1.54) is 0 Å². The minimum atomic E-state index is 0.0765. The van der Waals surface area contributed by atoms with Crippen LogP contribution < -0.4 is 5.32 Å². The van der Waals surface area contributed by atoms with Crippen molar-refractivity contribution in [1.82, 2.24) is 5.32 Å². The number of nitrogens with one attached hydrogen (secondary N) is 1. The molecule has 0 aromatic heterocycles. The molecule has 0 fully saturated rings. The molecule has 1 unspecified atom stereocenters. The van der Waals surface area contributed by atoms with E-state index >= 15 is 0 Å². The van der Waals surface area contributed by atoms with Crippen molar-refractivity contribution in [3.05, 3.63) is 33.8 Å². The quantitative estimate of drug-likeness (QED) is 0.724. The predicted octanol–water partition coefficient (Wildman–Crippen LogP) is 3.04. The lowest BCUT2D eigenvalue weighted by atomic mass is 10.1. The molecule has 0 aliphatic heterocycles. The molecule has 0 saturated carbocycles. The SMILES string of the molecule is CC(NCCCOCCO)c1ccc(Cl)c(Cl)c1. The van der Waals surface area contributed by atoms with E-state index in [4.69, 9.17) is 33.0 Å². The minimum Gasteiger partial charge on any atom is -0.394 e. The van der Waals surface area contributed by atoms with Crippen LogP contribution in [-0.4, -0.2) is 31.5 Å². The Balaban J connectivity index is 2.27. The first-order valence-electron chi connectivity index (χ1n) is 6.02. The third-order valence-electron chi connectivity index (χ3n) is 2.60. The second-order valence-corrected chi connectivity index (χ2v) is 4.85. The van der Waals surface area contributed by atoms with Crippen LogP contribution in [0.1, 0.15) is 24.9 Å². The third kappa shape index (κ3) is 5.55. The van der Waals surface area contributed by atoms with Gasteiger partial charge in [0.05, 0.1) is 23.3 Å². The Morgan fingerprint density at radius 2 is 2.06 bits per heavy atom. The lowest BCUT2D eigenvalue weighted by molar-refractivity contribution is 0.0904. The first kappa shape index (κ1) is 15.7. The Morgan fingerprint density at radius 3 is 2.72 bits per heavy atom. The zero-order chi connectivity index (χ0) is 13.4. The number of rotatable bonds is 8. The van der Waals surface area contributed by atoms with Gasteiger partial charge < -0.3 is 15.2 Å². The average Bonchev–Trinajstić information content (AvgIpc) is 2.36. The summed E-state index contributed by atoms with van der Waals surface area (Å²) in [5, 5.41) is 13.1. The van der Waals surface area contributed by atoms with Crippen LogP contribution in [0, 0.1) is 0 Å². The Labute approximate surface area is 118 Å². The van der Waals surface area contributed by atoms with Gasteiger partial charge >= 0.3 is 0 Å². The Hall–Kier alpha value is -0.320. The average molecular weight is 292 g/mol. The number of hydrogen-bond donors (Lipinski definition) is 2. The van der Waals surface area contributed by atoms with E-state index in [9.17, 15) is 0 Å². The summed E-state index contributed by atoms with van der Waals surface area (Å²) < 4.78 is 5.18. The molecule has 18 heavy (non-hydrogen) atoms. The summed E-state index contributed by atoms with van der Waals surface area (Å²) >= 11 is 11.8. The van der Waals surface area contributed by atoms with Gasteiger partial charge in [0.15, 0.2) is 0 Å². The zero-order valence-electron chi connectivity index (χ0n) is 10.5. The molecule has 0 radical (unpaired) electrons. The molecule has 1 aromatic carbocycles. The van der Waals surface area contributed by atoms with Crippen molar-refractivity contribution in [1.29, 1.82) is 0 Å². The minimum absolute atomic E-state index is 0.0765. The van der Waals surface area contributed by atoms with Crippen LogP contribution in [0.15, 0.2) is 18.2 Å². The van der Waals surface area contributed by atoms with Crippen LogP contribution in [0.25, 0.3) is 0 Å². The summed E-state index contributed by atoms with van der Waals surface area (Å²) in [4.78, 5) is 0. The first-order valence-corrected chi connectivity index (χ1v) is 6.77. The van der Waals surface area contributed by atoms with E-state index in [1.54, 1.807) is 0 Å². The Kier molecular flexibility index (Phi) is 7.63. The molecule has 1 aromatic rings. The summed E-state index contributed by atoms with van der Waals surface area (Å²) in [5.41, 5.74) is 1.11. The Morgan fingerprint density at radius 1 is 1.28 bits per heavy atom. The standard InChI is InChI=1S/C13H19Cl2NO2/c1-10(16-5-2-7-18-8-6-17)11-3-4-12(14)13(15)9-11/h3-4,9-10,16-17H,2,5-8H2,1H3. The van der Waals surface area contributed by atoms with Crippen LogP contribution in [0.5, 0.6) is 0 Å². The molecular weight excluding hydrogens is 273 g/mol.